The van der Waals surface area contributed by atoms with Gasteiger partial charge in [0.05, 0.1) is 23.4 Å². The van der Waals surface area contributed by atoms with Crippen molar-refractivity contribution in [1.82, 2.24) is 9.78 Å². The minimum absolute atomic E-state index is 0.0400. The van der Waals surface area contributed by atoms with E-state index in [1.165, 1.54) is 31.4 Å². The highest BCUT2D eigenvalue weighted by molar-refractivity contribution is 7.89. The van der Waals surface area contributed by atoms with Gasteiger partial charge >= 0.3 is 6.18 Å². The molecule has 0 aliphatic rings. The van der Waals surface area contributed by atoms with E-state index in [1.807, 2.05) is 0 Å². The third-order valence-corrected chi connectivity index (χ3v) is 5.31. The maximum Gasteiger partial charge on any atom is 0.435 e. The maximum absolute atomic E-state index is 13.6. The summed E-state index contributed by atoms with van der Waals surface area (Å²) in [4.78, 5) is -0.147. The molecular formula is C19H18F3N3O3S. The van der Waals surface area contributed by atoms with Crippen LogP contribution < -0.4 is 9.88 Å². The van der Waals surface area contributed by atoms with Gasteiger partial charge in [0, 0.05) is 11.1 Å². The second-order valence-corrected chi connectivity index (χ2v) is 7.77. The summed E-state index contributed by atoms with van der Waals surface area (Å²) in [6.45, 7) is 1.62. The van der Waals surface area contributed by atoms with Crippen molar-refractivity contribution in [3.8, 4) is 22.7 Å². The molecule has 0 spiro atoms. The molecule has 0 radical (unpaired) electrons. The fourth-order valence-electron chi connectivity index (χ4n) is 3.02. The number of nitrogens with two attached hydrogens (primary N) is 1. The van der Waals surface area contributed by atoms with E-state index in [0.29, 0.717) is 11.3 Å². The quantitative estimate of drug-likeness (QED) is 0.674. The third kappa shape index (κ3) is 4.13. The minimum Gasteiger partial charge on any atom is -0.497 e. The number of alkyl halides is 3. The van der Waals surface area contributed by atoms with Crippen LogP contribution in [0, 0.1) is 0 Å². The van der Waals surface area contributed by atoms with Crippen LogP contribution in [0.5, 0.6) is 5.75 Å². The Bertz CT molecular complexity index is 1120. The summed E-state index contributed by atoms with van der Waals surface area (Å²) >= 11 is 0. The van der Waals surface area contributed by atoms with E-state index in [2.05, 4.69) is 5.10 Å². The number of rotatable bonds is 5. The van der Waals surface area contributed by atoms with Crippen molar-refractivity contribution in [1.29, 1.82) is 0 Å². The number of hydrogen-bond donors (Lipinski definition) is 1. The normalized spacial score (nSPS) is 12.2. The van der Waals surface area contributed by atoms with E-state index in [-0.39, 0.29) is 28.3 Å². The van der Waals surface area contributed by atoms with Gasteiger partial charge in [0.25, 0.3) is 0 Å². The summed E-state index contributed by atoms with van der Waals surface area (Å²) in [5.74, 6) is 0.561. The second kappa shape index (κ2) is 7.53. The highest BCUT2D eigenvalue weighted by Gasteiger charge is 2.39. The maximum atomic E-state index is 13.6. The Morgan fingerprint density at radius 2 is 1.66 bits per heavy atom. The summed E-state index contributed by atoms with van der Waals surface area (Å²) in [7, 11) is -2.43. The van der Waals surface area contributed by atoms with Crippen molar-refractivity contribution in [2.24, 2.45) is 5.14 Å². The van der Waals surface area contributed by atoms with Crippen molar-refractivity contribution in [3.63, 3.8) is 0 Å². The van der Waals surface area contributed by atoms with Crippen LogP contribution in [0.1, 0.15) is 18.2 Å². The Kier molecular flexibility index (Phi) is 5.42. The summed E-state index contributed by atoms with van der Waals surface area (Å²) < 4.78 is 70.0. The first kappa shape index (κ1) is 20.9. The fourth-order valence-corrected chi connectivity index (χ4v) is 3.54. The molecule has 0 saturated heterocycles. The van der Waals surface area contributed by atoms with Gasteiger partial charge in [-0.15, -0.1) is 0 Å². The molecule has 0 unspecified atom stereocenters. The molecule has 2 N–H and O–H groups in total. The number of nitrogens with zero attached hydrogens (tertiary/aromatic N) is 2. The van der Waals surface area contributed by atoms with E-state index in [1.54, 1.807) is 31.2 Å². The van der Waals surface area contributed by atoms with Gasteiger partial charge < -0.3 is 4.74 Å². The zero-order valence-corrected chi connectivity index (χ0v) is 16.4. The lowest BCUT2D eigenvalue weighted by molar-refractivity contribution is -0.141. The van der Waals surface area contributed by atoms with Crippen molar-refractivity contribution >= 4 is 10.0 Å². The molecule has 2 aromatic carbocycles. The van der Waals surface area contributed by atoms with Crippen LogP contribution >= 0.6 is 0 Å². The first-order valence-electron chi connectivity index (χ1n) is 8.53. The highest BCUT2D eigenvalue weighted by Crippen LogP contribution is 2.38. The van der Waals surface area contributed by atoms with Gasteiger partial charge in [-0.1, -0.05) is 6.92 Å². The van der Waals surface area contributed by atoms with Crippen LogP contribution in [0.3, 0.4) is 0 Å². The van der Waals surface area contributed by atoms with Gasteiger partial charge in [0.1, 0.15) is 5.75 Å². The van der Waals surface area contributed by atoms with E-state index in [9.17, 15) is 21.6 Å². The molecule has 0 saturated carbocycles. The van der Waals surface area contributed by atoms with Gasteiger partial charge in [-0.2, -0.15) is 18.3 Å². The number of sulfonamides is 1. The Labute approximate surface area is 165 Å². The summed E-state index contributed by atoms with van der Waals surface area (Å²) in [6.07, 6.45) is -4.54. The van der Waals surface area contributed by atoms with Crippen LogP contribution in [0.15, 0.2) is 53.4 Å². The van der Waals surface area contributed by atoms with Gasteiger partial charge in [0.2, 0.25) is 10.0 Å². The molecule has 0 atom stereocenters. The zero-order valence-electron chi connectivity index (χ0n) is 15.6. The monoisotopic (exact) mass is 425 g/mol. The smallest absolute Gasteiger partial charge is 0.435 e. The van der Waals surface area contributed by atoms with Gasteiger partial charge in [0.15, 0.2) is 5.69 Å². The molecule has 0 amide bonds. The topological polar surface area (TPSA) is 87.2 Å². The average molecular weight is 425 g/mol. The molecule has 1 aromatic heterocycles. The van der Waals surface area contributed by atoms with Crippen molar-refractivity contribution in [2.45, 2.75) is 24.4 Å². The van der Waals surface area contributed by atoms with Crippen molar-refractivity contribution in [2.75, 3.05) is 7.11 Å². The van der Waals surface area contributed by atoms with E-state index >= 15 is 0 Å². The summed E-state index contributed by atoms with van der Waals surface area (Å²) in [5, 5.41) is 8.90. The van der Waals surface area contributed by atoms with Crippen molar-refractivity contribution < 1.29 is 26.3 Å². The van der Waals surface area contributed by atoms with E-state index in [4.69, 9.17) is 9.88 Å². The van der Waals surface area contributed by atoms with Crippen LogP contribution in [0.25, 0.3) is 16.9 Å². The lowest BCUT2D eigenvalue weighted by atomic mass is 10.0. The second-order valence-electron chi connectivity index (χ2n) is 6.21. The molecule has 0 aliphatic carbocycles. The number of aromatic nitrogens is 2. The van der Waals surface area contributed by atoms with Crippen LogP contribution in [0.4, 0.5) is 13.2 Å². The van der Waals surface area contributed by atoms with E-state index in [0.717, 1.165) is 4.68 Å². The molecule has 154 valence electrons. The first-order chi connectivity index (χ1) is 13.6. The Morgan fingerprint density at radius 3 is 2.10 bits per heavy atom. The molecule has 0 aliphatic heterocycles. The number of methoxy groups -OCH3 is 1. The Morgan fingerprint density at radius 1 is 1.07 bits per heavy atom. The summed E-state index contributed by atoms with van der Waals surface area (Å²) in [6, 6.07) is 11.7. The van der Waals surface area contributed by atoms with Crippen LogP contribution in [0.2, 0.25) is 0 Å². The fraction of sp³-hybridized carbons (Fsp3) is 0.211. The SMILES string of the molecule is CCc1c(C(F)(F)F)nn(-c2ccc(S(N)(=O)=O)cc2)c1-c1ccc(OC)cc1. The predicted octanol–water partition coefficient (Wildman–Crippen LogP) is 3.78. The molecular weight excluding hydrogens is 407 g/mol. The lowest BCUT2D eigenvalue weighted by Gasteiger charge is -2.11. The molecule has 0 bridgehead atoms. The van der Waals surface area contributed by atoms with Gasteiger partial charge in [-0.05, 0) is 55.0 Å². The first-order valence-corrected chi connectivity index (χ1v) is 10.1. The minimum atomic E-state index is -4.64. The zero-order chi connectivity index (χ0) is 21.4. The Hall–Kier alpha value is -2.85. The number of halogens is 3. The largest absolute Gasteiger partial charge is 0.497 e. The molecule has 29 heavy (non-hydrogen) atoms. The van der Waals surface area contributed by atoms with Gasteiger partial charge in [-0.25, -0.2) is 18.2 Å². The molecule has 10 heteroatoms. The molecule has 3 aromatic rings. The molecule has 1 heterocycles. The predicted molar refractivity (Wildman–Crippen MR) is 101 cm³/mol. The lowest BCUT2D eigenvalue weighted by Crippen LogP contribution is -2.12. The third-order valence-electron chi connectivity index (χ3n) is 4.38. The Balaban J connectivity index is 2.26. The average Bonchev–Trinajstić information content (AvgIpc) is 3.07. The standard InChI is InChI=1S/C19H18F3N3O3S/c1-3-16-17(12-4-8-14(28-2)9-5-12)25(24-18(16)19(20,21)22)13-6-10-15(11-7-13)29(23,26)27/h4-11H,3H2,1-2H3,(H2,23,26,27). The molecule has 6 nitrogen and oxygen atoms in total. The highest BCUT2D eigenvalue weighted by atomic mass is 32.2. The van der Waals surface area contributed by atoms with Crippen molar-refractivity contribution in [3.05, 3.63) is 59.8 Å². The van der Waals surface area contributed by atoms with E-state index < -0.39 is 21.9 Å². The van der Waals surface area contributed by atoms with Crippen LogP contribution in [-0.4, -0.2) is 25.3 Å². The molecule has 3 rings (SSSR count). The molecule has 0 fully saturated rings. The number of primary sulfonamides is 1. The number of benzene rings is 2. The summed E-state index contributed by atoms with van der Waals surface area (Å²) in [5.41, 5.74) is 0.111. The van der Waals surface area contributed by atoms with Crippen LogP contribution in [-0.2, 0) is 22.6 Å². The number of ether oxygens (including phenoxy) is 1. The number of hydrogen-bond acceptors (Lipinski definition) is 4. The van der Waals surface area contributed by atoms with Gasteiger partial charge in [-0.3, -0.25) is 0 Å².